The third-order valence-electron chi connectivity index (χ3n) is 0.813. The molecule has 0 aliphatic rings. The minimum Gasteiger partial charge on any atom is -0.337 e. The van der Waals surface area contributed by atoms with Crippen molar-refractivity contribution < 1.29 is 0 Å². The largest absolute Gasteiger partial charge is 0.337 e. The smallest absolute Gasteiger partial charge is 0.200 e. The zero-order valence-electron chi connectivity index (χ0n) is 4.51. The first kappa shape index (κ1) is 5.37. The van der Waals surface area contributed by atoms with E-state index in [9.17, 15) is 0 Å². The van der Waals surface area contributed by atoms with Crippen molar-refractivity contribution in [2.75, 3.05) is 5.84 Å². The van der Waals surface area contributed by atoms with Gasteiger partial charge in [0.2, 0.25) is 4.80 Å². The van der Waals surface area contributed by atoms with Crippen LogP contribution in [-0.2, 0) is 0 Å². The fourth-order valence-electron chi connectivity index (χ4n) is 0.486. The maximum atomic E-state index is 7.10. The number of thiazole rings is 1. The van der Waals surface area contributed by atoms with Crippen molar-refractivity contribution in [3.63, 3.8) is 0 Å². The third kappa shape index (κ3) is 0.742. The normalized spacial score (nSPS) is 9.62. The molecule has 0 aromatic carbocycles. The molecule has 3 nitrogen and oxygen atoms in total. The predicted molar refractivity (Wildman–Crippen MR) is 33.1 cm³/mol. The number of nitrogens with zero attached hydrogens (tertiary/aromatic N) is 1. The lowest BCUT2D eigenvalue weighted by Crippen LogP contribution is -2.19. The second-order valence-corrected chi connectivity index (χ2v) is 2.79. The van der Waals surface area contributed by atoms with Gasteiger partial charge in [-0.3, -0.25) is 5.41 Å². The van der Waals surface area contributed by atoms with Crippen LogP contribution in [0.3, 0.4) is 0 Å². The Bertz CT molecular complexity index is 234. The summed E-state index contributed by atoms with van der Waals surface area (Å²) in [6, 6.07) is 0. The molecule has 0 aliphatic carbocycles. The van der Waals surface area contributed by atoms with Crippen LogP contribution < -0.4 is 10.6 Å². The number of hydrogen-bond donors (Lipinski definition) is 2. The summed E-state index contributed by atoms with van der Waals surface area (Å²) in [6.45, 7) is 1.92. The summed E-state index contributed by atoms with van der Waals surface area (Å²) in [5, 5.41) is 7.10. The Hall–Kier alpha value is -0.770. The Morgan fingerprint density at radius 1 is 1.88 bits per heavy atom. The second-order valence-electron chi connectivity index (χ2n) is 1.55. The van der Waals surface area contributed by atoms with Gasteiger partial charge >= 0.3 is 0 Å². The van der Waals surface area contributed by atoms with Crippen LogP contribution in [-0.4, -0.2) is 4.68 Å². The van der Waals surface area contributed by atoms with Gasteiger partial charge in [-0.1, -0.05) is 0 Å². The van der Waals surface area contributed by atoms with Crippen LogP contribution in [0, 0.1) is 12.3 Å². The van der Waals surface area contributed by atoms with Crippen LogP contribution in [0.1, 0.15) is 4.88 Å². The average Bonchev–Trinajstić information content (AvgIpc) is 1.85. The number of rotatable bonds is 0. The Balaban J connectivity index is 3.35. The highest BCUT2D eigenvalue weighted by Gasteiger charge is 1.88. The first-order chi connectivity index (χ1) is 3.70. The molecule has 44 valence electrons. The standard InChI is InChI=1S/C4H7N3S/c1-3-2-7(6)4(5)8-3/h2,5H,6H2,1H3. The average molecular weight is 129 g/mol. The molecule has 0 fully saturated rings. The Labute approximate surface area is 50.9 Å². The molecule has 3 N–H and O–H groups in total. The second kappa shape index (κ2) is 1.63. The zero-order chi connectivity index (χ0) is 6.15. The lowest BCUT2D eigenvalue weighted by atomic mass is 10.6. The van der Waals surface area contributed by atoms with Crippen LogP contribution in [0.5, 0.6) is 0 Å². The maximum absolute atomic E-state index is 7.10. The molecule has 1 aromatic heterocycles. The molecule has 0 radical (unpaired) electrons. The lowest BCUT2D eigenvalue weighted by Gasteiger charge is -1.82. The van der Waals surface area contributed by atoms with Crippen LogP contribution in [0.25, 0.3) is 0 Å². The van der Waals surface area contributed by atoms with Crippen LogP contribution in [0.15, 0.2) is 6.20 Å². The number of aromatic nitrogens is 1. The Morgan fingerprint density at radius 3 is 2.62 bits per heavy atom. The van der Waals surface area contributed by atoms with Gasteiger partial charge in [0.05, 0.1) is 0 Å². The minimum absolute atomic E-state index is 0.391. The molecule has 0 saturated heterocycles. The van der Waals surface area contributed by atoms with Gasteiger partial charge in [0.15, 0.2) is 0 Å². The fourth-order valence-corrected chi connectivity index (χ4v) is 1.12. The summed E-state index contributed by atoms with van der Waals surface area (Å²) < 4.78 is 1.31. The van der Waals surface area contributed by atoms with E-state index in [4.69, 9.17) is 11.3 Å². The summed E-state index contributed by atoms with van der Waals surface area (Å²) in [7, 11) is 0. The molecule has 1 aromatic rings. The molecular weight excluding hydrogens is 122 g/mol. The van der Waals surface area contributed by atoms with Gasteiger partial charge < -0.3 is 5.84 Å². The van der Waals surface area contributed by atoms with Crippen molar-refractivity contribution in [3.8, 4) is 0 Å². The first-order valence-electron chi connectivity index (χ1n) is 2.19. The molecule has 1 rings (SSSR count). The number of hydrogen-bond acceptors (Lipinski definition) is 3. The summed E-state index contributed by atoms with van der Waals surface area (Å²) in [4.78, 5) is 1.46. The van der Waals surface area contributed by atoms with E-state index >= 15 is 0 Å². The quantitative estimate of drug-likeness (QED) is 0.478. The van der Waals surface area contributed by atoms with E-state index < -0.39 is 0 Å². The molecule has 0 bridgehead atoms. The van der Waals surface area contributed by atoms with E-state index in [1.165, 1.54) is 16.0 Å². The van der Waals surface area contributed by atoms with Gasteiger partial charge in [0.1, 0.15) is 0 Å². The number of nitrogens with two attached hydrogens (primary N) is 1. The lowest BCUT2D eigenvalue weighted by molar-refractivity contribution is 0.926. The molecule has 0 saturated carbocycles. The van der Waals surface area contributed by atoms with Crippen molar-refractivity contribution in [1.82, 2.24) is 4.68 Å². The minimum atomic E-state index is 0.391. The van der Waals surface area contributed by atoms with E-state index in [1.54, 1.807) is 6.20 Å². The van der Waals surface area contributed by atoms with E-state index in [1.807, 2.05) is 6.92 Å². The van der Waals surface area contributed by atoms with Gasteiger partial charge in [-0.05, 0) is 6.92 Å². The Kier molecular flexibility index (Phi) is 1.09. The fraction of sp³-hybridized carbons (Fsp3) is 0.250. The molecule has 1 heterocycles. The number of nitrogen functional groups attached to an aromatic ring is 1. The van der Waals surface area contributed by atoms with Gasteiger partial charge in [-0.2, -0.15) is 0 Å². The van der Waals surface area contributed by atoms with Crippen molar-refractivity contribution in [2.24, 2.45) is 0 Å². The van der Waals surface area contributed by atoms with E-state index in [0.29, 0.717) is 4.80 Å². The van der Waals surface area contributed by atoms with Crippen molar-refractivity contribution in [2.45, 2.75) is 6.92 Å². The molecule has 0 aliphatic heterocycles. The summed E-state index contributed by atoms with van der Waals surface area (Å²) >= 11 is 1.37. The highest BCUT2D eigenvalue weighted by Crippen LogP contribution is 1.95. The van der Waals surface area contributed by atoms with Crippen LogP contribution >= 0.6 is 11.3 Å². The van der Waals surface area contributed by atoms with Gasteiger partial charge in [0.25, 0.3) is 0 Å². The molecule has 8 heavy (non-hydrogen) atoms. The van der Waals surface area contributed by atoms with Gasteiger partial charge in [-0.15, -0.1) is 11.3 Å². The molecule has 0 unspecified atom stereocenters. The summed E-state index contributed by atoms with van der Waals surface area (Å²) in [5.41, 5.74) is 0. The maximum Gasteiger partial charge on any atom is 0.200 e. The van der Waals surface area contributed by atoms with E-state index in [-0.39, 0.29) is 0 Å². The van der Waals surface area contributed by atoms with Crippen molar-refractivity contribution >= 4 is 11.3 Å². The SMILES string of the molecule is Cc1cn(N)c(=N)s1. The number of nitrogens with one attached hydrogen (secondary N) is 1. The monoisotopic (exact) mass is 129 g/mol. The molecule has 0 spiro atoms. The molecule has 0 amide bonds. The van der Waals surface area contributed by atoms with E-state index in [2.05, 4.69) is 0 Å². The molecule has 0 atom stereocenters. The summed E-state index contributed by atoms with van der Waals surface area (Å²) in [6.07, 6.45) is 1.73. The highest BCUT2D eigenvalue weighted by atomic mass is 32.1. The first-order valence-corrected chi connectivity index (χ1v) is 3.00. The van der Waals surface area contributed by atoms with Crippen LogP contribution in [0.4, 0.5) is 0 Å². The van der Waals surface area contributed by atoms with Crippen molar-refractivity contribution in [3.05, 3.63) is 15.9 Å². The molecular formula is C4H7N3S. The number of aryl methyl sites for hydroxylation is 1. The topological polar surface area (TPSA) is 54.8 Å². The van der Waals surface area contributed by atoms with Gasteiger partial charge in [0, 0.05) is 11.1 Å². The van der Waals surface area contributed by atoms with Crippen molar-refractivity contribution in [1.29, 1.82) is 5.41 Å². The van der Waals surface area contributed by atoms with Crippen LogP contribution in [0.2, 0.25) is 0 Å². The highest BCUT2D eigenvalue weighted by molar-refractivity contribution is 7.09. The predicted octanol–water partition coefficient (Wildman–Crippen LogP) is 0.0513. The summed E-state index contributed by atoms with van der Waals surface area (Å²) in [5.74, 6) is 5.28. The third-order valence-corrected chi connectivity index (χ3v) is 1.64. The van der Waals surface area contributed by atoms with E-state index in [0.717, 1.165) is 4.88 Å². The van der Waals surface area contributed by atoms with Gasteiger partial charge in [-0.25, -0.2) is 4.68 Å². The molecule has 4 heteroatoms. The Morgan fingerprint density at radius 2 is 2.50 bits per heavy atom. The zero-order valence-corrected chi connectivity index (χ0v) is 5.33.